The first-order valence-electron chi connectivity index (χ1n) is 7.46. The maximum absolute atomic E-state index is 13.4. The predicted octanol–water partition coefficient (Wildman–Crippen LogP) is 3.36. The lowest BCUT2D eigenvalue weighted by molar-refractivity contribution is -0.0886. The van der Waals surface area contributed by atoms with E-state index in [0.717, 1.165) is 25.7 Å². The van der Waals surface area contributed by atoms with E-state index in [0.29, 0.717) is 29.5 Å². The van der Waals surface area contributed by atoms with Crippen LogP contribution in [-0.4, -0.2) is 34.6 Å². The first-order valence-corrected chi connectivity index (χ1v) is 8.25. The van der Waals surface area contributed by atoms with E-state index >= 15 is 0 Å². The molecule has 1 amide bonds. The highest BCUT2D eigenvalue weighted by Crippen LogP contribution is 2.40. The molecule has 1 heterocycles. The summed E-state index contributed by atoms with van der Waals surface area (Å²) >= 11 is 3.22. The molecule has 0 bridgehead atoms. The Morgan fingerprint density at radius 1 is 1.33 bits per heavy atom. The van der Waals surface area contributed by atoms with Crippen molar-refractivity contribution in [1.29, 1.82) is 0 Å². The van der Waals surface area contributed by atoms with Gasteiger partial charge in [-0.25, -0.2) is 4.39 Å². The molecule has 114 valence electrons. The minimum atomic E-state index is -0.600. The first-order chi connectivity index (χ1) is 9.98. The number of carbonyl (C=O) groups excluding carboxylic acids is 1. The number of fused-ring (bicyclic) bond motifs is 1. The second-order valence-electron chi connectivity index (χ2n) is 6.21. The zero-order valence-electron chi connectivity index (χ0n) is 11.8. The van der Waals surface area contributed by atoms with E-state index in [1.54, 1.807) is 11.0 Å². The number of aliphatic hydroxyl groups is 1. The molecular weight excluding hydrogens is 337 g/mol. The minimum absolute atomic E-state index is 0.150. The van der Waals surface area contributed by atoms with Crippen molar-refractivity contribution in [2.75, 3.05) is 13.1 Å². The molecule has 1 saturated carbocycles. The largest absolute Gasteiger partial charge is 0.389 e. The number of benzene rings is 1. The highest BCUT2D eigenvalue weighted by Gasteiger charge is 2.43. The number of piperidine rings is 1. The lowest BCUT2D eigenvalue weighted by Crippen LogP contribution is -2.54. The summed E-state index contributed by atoms with van der Waals surface area (Å²) in [4.78, 5) is 14.3. The Morgan fingerprint density at radius 3 is 2.90 bits per heavy atom. The highest BCUT2D eigenvalue weighted by molar-refractivity contribution is 9.10. The summed E-state index contributed by atoms with van der Waals surface area (Å²) in [5.41, 5.74) is -0.236. The molecule has 2 aliphatic rings. The number of likely N-dealkylation sites (tertiary alicyclic amines) is 1. The third-order valence-corrected chi connectivity index (χ3v) is 5.28. The quantitative estimate of drug-likeness (QED) is 0.838. The van der Waals surface area contributed by atoms with Gasteiger partial charge in [0.15, 0.2) is 0 Å². The van der Waals surface area contributed by atoms with Crippen LogP contribution in [0.25, 0.3) is 0 Å². The van der Waals surface area contributed by atoms with Crippen molar-refractivity contribution in [1.82, 2.24) is 4.90 Å². The van der Waals surface area contributed by atoms with Crippen LogP contribution in [0, 0.1) is 11.7 Å². The smallest absolute Gasteiger partial charge is 0.254 e. The van der Waals surface area contributed by atoms with Crippen molar-refractivity contribution in [2.45, 2.75) is 37.7 Å². The average Bonchev–Trinajstić information content (AvgIpc) is 2.44. The summed E-state index contributed by atoms with van der Waals surface area (Å²) in [5.74, 6) is -0.414. The third-order valence-electron chi connectivity index (χ3n) is 4.82. The minimum Gasteiger partial charge on any atom is -0.389 e. The normalized spacial score (nSPS) is 29.1. The molecule has 1 aromatic carbocycles. The summed E-state index contributed by atoms with van der Waals surface area (Å²) in [6.07, 6.45) is 4.61. The Bertz CT molecular complexity index is 545. The lowest BCUT2D eigenvalue weighted by atomic mass is 9.71. The van der Waals surface area contributed by atoms with Crippen LogP contribution in [0.2, 0.25) is 0 Å². The fourth-order valence-electron chi connectivity index (χ4n) is 3.62. The van der Waals surface area contributed by atoms with E-state index in [1.165, 1.54) is 12.1 Å². The van der Waals surface area contributed by atoms with Crippen molar-refractivity contribution in [3.8, 4) is 0 Å². The number of carbonyl (C=O) groups is 1. The molecular formula is C16H19BrFNO2. The molecule has 2 atom stereocenters. The fraction of sp³-hybridized carbons (Fsp3) is 0.562. The van der Waals surface area contributed by atoms with Crippen LogP contribution in [0.1, 0.15) is 42.5 Å². The van der Waals surface area contributed by atoms with Gasteiger partial charge in [0, 0.05) is 29.0 Å². The highest BCUT2D eigenvalue weighted by atomic mass is 79.9. The van der Waals surface area contributed by atoms with Gasteiger partial charge in [-0.3, -0.25) is 4.79 Å². The number of rotatable bonds is 1. The van der Waals surface area contributed by atoms with Crippen molar-refractivity contribution >= 4 is 21.8 Å². The number of amides is 1. The zero-order valence-corrected chi connectivity index (χ0v) is 13.4. The number of hydrogen-bond acceptors (Lipinski definition) is 2. The summed E-state index contributed by atoms with van der Waals surface area (Å²) in [6.45, 7) is 1.11. The molecule has 2 fully saturated rings. The van der Waals surface area contributed by atoms with Crippen molar-refractivity contribution in [3.05, 3.63) is 34.1 Å². The summed E-state index contributed by atoms with van der Waals surface area (Å²) in [6, 6.07) is 4.26. The van der Waals surface area contributed by atoms with Crippen molar-refractivity contribution in [2.24, 2.45) is 5.92 Å². The van der Waals surface area contributed by atoms with Crippen molar-refractivity contribution < 1.29 is 14.3 Å². The topological polar surface area (TPSA) is 40.5 Å². The van der Waals surface area contributed by atoms with Gasteiger partial charge in [0.25, 0.3) is 5.91 Å². The molecule has 1 saturated heterocycles. The average molecular weight is 356 g/mol. The van der Waals surface area contributed by atoms with Crippen molar-refractivity contribution in [3.63, 3.8) is 0 Å². The van der Waals surface area contributed by atoms with E-state index in [4.69, 9.17) is 0 Å². The van der Waals surface area contributed by atoms with Gasteiger partial charge < -0.3 is 10.0 Å². The molecule has 1 N–H and O–H groups in total. The Hall–Kier alpha value is -0.940. The number of halogens is 2. The monoisotopic (exact) mass is 355 g/mol. The Morgan fingerprint density at radius 2 is 2.14 bits per heavy atom. The molecule has 5 heteroatoms. The van der Waals surface area contributed by atoms with Crippen LogP contribution in [0.3, 0.4) is 0 Å². The van der Waals surface area contributed by atoms with Gasteiger partial charge in [-0.2, -0.15) is 0 Å². The van der Waals surface area contributed by atoms with Gasteiger partial charge in [0.05, 0.1) is 5.60 Å². The van der Waals surface area contributed by atoms with Crippen LogP contribution >= 0.6 is 15.9 Å². The Labute approximate surface area is 132 Å². The van der Waals surface area contributed by atoms with Gasteiger partial charge in [-0.05, 0) is 37.5 Å². The van der Waals surface area contributed by atoms with Gasteiger partial charge in [-0.1, -0.05) is 28.8 Å². The molecule has 1 aromatic rings. The fourth-order valence-corrected chi connectivity index (χ4v) is 4.08. The molecule has 3 nitrogen and oxygen atoms in total. The van der Waals surface area contributed by atoms with E-state index in [9.17, 15) is 14.3 Å². The molecule has 0 spiro atoms. The first kappa shape index (κ1) is 15.0. The predicted molar refractivity (Wildman–Crippen MR) is 81.5 cm³/mol. The molecule has 3 rings (SSSR count). The zero-order chi connectivity index (χ0) is 15.0. The van der Waals surface area contributed by atoms with Gasteiger partial charge in [-0.15, -0.1) is 0 Å². The molecule has 0 radical (unpaired) electrons. The van der Waals surface area contributed by atoms with E-state index in [2.05, 4.69) is 15.9 Å². The molecule has 1 aliphatic heterocycles. The second kappa shape index (κ2) is 5.69. The summed E-state index contributed by atoms with van der Waals surface area (Å²) in [5, 5.41) is 10.6. The number of hydrogen-bond donors (Lipinski definition) is 1. The molecule has 21 heavy (non-hydrogen) atoms. The molecule has 0 aromatic heterocycles. The van der Waals surface area contributed by atoms with Crippen LogP contribution in [0.15, 0.2) is 22.7 Å². The third kappa shape index (κ3) is 2.99. The maximum Gasteiger partial charge on any atom is 0.254 e. The van der Waals surface area contributed by atoms with E-state index in [1.807, 2.05) is 0 Å². The SMILES string of the molecule is O=C(c1cc(F)cc(Br)c1)N1CCC2(O)CCCCC2C1. The van der Waals surface area contributed by atoms with Gasteiger partial charge in [0.1, 0.15) is 5.82 Å². The second-order valence-corrected chi connectivity index (χ2v) is 7.12. The van der Waals surface area contributed by atoms with Crippen LogP contribution in [-0.2, 0) is 0 Å². The Balaban J connectivity index is 1.77. The lowest BCUT2D eigenvalue weighted by Gasteiger charge is -2.47. The molecule has 1 aliphatic carbocycles. The van der Waals surface area contributed by atoms with Crippen LogP contribution in [0.4, 0.5) is 4.39 Å². The summed E-state index contributed by atoms with van der Waals surface area (Å²) < 4.78 is 14.0. The number of nitrogens with zero attached hydrogens (tertiary/aromatic N) is 1. The van der Waals surface area contributed by atoms with Gasteiger partial charge in [0.2, 0.25) is 0 Å². The van der Waals surface area contributed by atoms with Gasteiger partial charge >= 0.3 is 0 Å². The van der Waals surface area contributed by atoms with E-state index in [-0.39, 0.29) is 11.8 Å². The maximum atomic E-state index is 13.4. The van der Waals surface area contributed by atoms with E-state index < -0.39 is 11.4 Å². The Kier molecular flexibility index (Phi) is 4.06. The van der Waals surface area contributed by atoms with Crippen LogP contribution < -0.4 is 0 Å². The standard InChI is InChI=1S/C16H19BrFNO2/c17-13-7-11(8-14(18)9-13)15(20)19-6-5-16(21)4-2-1-3-12(16)10-19/h7-9,12,21H,1-6,10H2. The summed E-state index contributed by atoms with van der Waals surface area (Å²) in [7, 11) is 0. The van der Waals surface area contributed by atoms with Crippen LogP contribution in [0.5, 0.6) is 0 Å². The molecule has 2 unspecified atom stereocenters.